The molecule has 0 radical (unpaired) electrons. The molecule has 32 heavy (non-hydrogen) atoms. The summed E-state index contributed by atoms with van der Waals surface area (Å²) in [6.45, 7) is 7.94. The van der Waals surface area contributed by atoms with E-state index in [9.17, 15) is 4.79 Å². The van der Waals surface area contributed by atoms with Crippen molar-refractivity contribution in [1.29, 1.82) is 0 Å². The van der Waals surface area contributed by atoms with Crippen molar-refractivity contribution in [2.45, 2.75) is 32.4 Å². The third-order valence-corrected chi connectivity index (χ3v) is 6.27. The van der Waals surface area contributed by atoms with Crippen LogP contribution in [0.5, 0.6) is 0 Å². The van der Waals surface area contributed by atoms with Gasteiger partial charge in [0.2, 0.25) is 5.91 Å². The molecule has 1 amide bonds. The molecule has 2 aromatic carbocycles. The fourth-order valence-corrected chi connectivity index (χ4v) is 4.49. The minimum atomic E-state index is 0.0124. The molecule has 6 heteroatoms. The normalized spacial score (nSPS) is 17.5. The van der Waals surface area contributed by atoms with Gasteiger partial charge in [-0.3, -0.25) is 14.6 Å². The fourth-order valence-electron chi connectivity index (χ4n) is 4.49. The fraction of sp³-hybridized carbons (Fsp3) is 0.500. The highest BCUT2D eigenvalue weighted by molar-refractivity contribution is 5.92. The minimum absolute atomic E-state index is 0.0124. The smallest absolute Gasteiger partial charge is 0.238 e. The van der Waals surface area contributed by atoms with Crippen molar-refractivity contribution in [3.8, 4) is 0 Å². The Labute approximate surface area is 192 Å². The van der Waals surface area contributed by atoms with Crippen LogP contribution in [0.25, 0.3) is 0 Å². The SMILES string of the molecule is CN(CC(=O)Nc1ccc(CN2CCOCC2)cc1)Cc1ccc(N2CCCCC2)cc1. The van der Waals surface area contributed by atoms with E-state index >= 15 is 0 Å². The molecule has 0 unspecified atom stereocenters. The Hall–Kier alpha value is -2.41. The van der Waals surface area contributed by atoms with Crippen molar-refractivity contribution in [2.24, 2.45) is 0 Å². The van der Waals surface area contributed by atoms with Crippen LogP contribution in [0.15, 0.2) is 48.5 Å². The van der Waals surface area contributed by atoms with Crippen LogP contribution in [0.4, 0.5) is 11.4 Å². The largest absolute Gasteiger partial charge is 0.379 e. The second-order valence-corrected chi connectivity index (χ2v) is 9.02. The second-order valence-electron chi connectivity index (χ2n) is 9.02. The summed E-state index contributed by atoms with van der Waals surface area (Å²) < 4.78 is 5.40. The highest BCUT2D eigenvalue weighted by Gasteiger charge is 2.13. The first-order chi connectivity index (χ1) is 15.7. The quantitative estimate of drug-likeness (QED) is 0.686. The Balaban J connectivity index is 1.21. The average molecular weight is 437 g/mol. The Bertz CT molecular complexity index is 841. The zero-order valence-corrected chi connectivity index (χ0v) is 19.3. The lowest BCUT2D eigenvalue weighted by atomic mass is 10.1. The summed E-state index contributed by atoms with van der Waals surface area (Å²) in [5, 5.41) is 3.02. The number of piperidine rings is 1. The monoisotopic (exact) mass is 436 g/mol. The molecule has 2 aliphatic rings. The highest BCUT2D eigenvalue weighted by Crippen LogP contribution is 2.20. The molecule has 172 valence electrons. The maximum atomic E-state index is 12.5. The third kappa shape index (κ3) is 6.79. The predicted molar refractivity (Wildman–Crippen MR) is 130 cm³/mol. The zero-order chi connectivity index (χ0) is 22.2. The Morgan fingerprint density at radius 3 is 2.25 bits per heavy atom. The highest BCUT2D eigenvalue weighted by atomic mass is 16.5. The Kier molecular flexibility index (Phi) is 8.15. The zero-order valence-electron chi connectivity index (χ0n) is 19.3. The van der Waals surface area contributed by atoms with Crippen molar-refractivity contribution in [1.82, 2.24) is 9.80 Å². The van der Waals surface area contributed by atoms with Crippen LogP contribution >= 0.6 is 0 Å². The van der Waals surface area contributed by atoms with Gasteiger partial charge in [0, 0.05) is 50.6 Å². The number of hydrogen-bond donors (Lipinski definition) is 1. The molecular formula is C26H36N4O2. The lowest BCUT2D eigenvalue weighted by Gasteiger charge is -2.29. The van der Waals surface area contributed by atoms with Crippen LogP contribution < -0.4 is 10.2 Å². The van der Waals surface area contributed by atoms with E-state index in [0.29, 0.717) is 6.54 Å². The summed E-state index contributed by atoms with van der Waals surface area (Å²) in [6, 6.07) is 17.0. The number of likely N-dealkylation sites (N-methyl/N-ethyl adjacent to an activating group) is 1. The summed E-state index contributed by atoms with van der Waals surface area (Å²) >= 11 is 0. The van der Waals surface area contributed by atoms with Crippen LogP contribution in [-0.2, 0) is 22.6 Å². The van der Waals surface area contributed by atoms with Crippen LogP contribution in [0.3, 0.4) is 0 Å². The number of anilines is 2. The third-order valence-electron chi connectivity index (χ3n) is 6.27. The number of hydrogen-bond acceptors (Lipinski definition) is 5. The minimum Gasteiger partial charge on any atom is -0.379 e. The first-order valence-electron chi connectivity index (χ1n) is 11.9. The molecule has 4 rings (SSSR count). The summed E-state index contributed by atoms with van der Waals surface area (Å²) in [6.07, 6.45) is 3.92. The van der Waals surface area contributed by atoms with E-state index in [0.717, 1.165) is 58.2 Å². The van der Waals surface area contributed by atoms with Crippen LogP contribution in [0.2, 0.25) is 0 Å². The van der Waals surface area contributed by atoms with Gasteiger partial charge in [-0.15, -0.1) is 0 Å². The van der Waals surface area contributed by atoms with Crippen molar-refractivity contribution in [3.05, 3.63) is 59.7 Å². The number of amides is 1. The van der Waals surface area contributed by atoms with E-state index in [2.05, 4.69) is 56.4 Å². The number of carbonyl (C=O) groups is 1. The number of morpholine rings is 1. The number of nitrogens with zero attached hydrogens (tertiary/aromatic N) is 3. The predicted octanol–water partition coefficient (Wildman–Crippen LogP) is 3.58. The van der Waals surface area contributed by atoms with Crippen LogP contribution in [0.1, 0.15) is 30.4 Å². The number of rotatable bonds is 8. The maximum absolute atomic E-state index is 12.5. The molecule has 2 saturated heterocycles. The van der Waals surface area contributed by atoms with E-state index in [-0.39, 0.29) is 5.91 Å². The molecule has 0 aliphatic carbocycles. The molecule has 2 fully saturated rings. The summed E-state index contributed by atoms with van der Waals surface area (Å²) in [5.41, 5.74) is 4.65. The Morgan fingerprint density at radius 1 is 0.906 bits per heavy atom. The molecule has 0 aromatic heterocycles. The summed E-state index contributed by atoms with van der Waals surface area (Å²) in [5.74, 6) is 0.0124. The van der Waals surface area contributed by atoms with Gasteiger partial charge < -0.3 is 15.0 Å². The van der Waals surface area contributed by atoms with Crippen molar-refractivity contribution in [3.63, 3.8) is 0 Å². The van der Waals surface area contributed by atoms with Gasteiger partial charge in [-0.1, -0.05) is 24.3 Å². The van der Waals surface area contributed by atoms with Gasteiger partial charge >= 0.3 is 0 Å². The second kappa shape index (κ2) is 11.5. The van der Waals surface area contributed by atoms with Gasteiger partial charge in [0.1, 0.15) is 0 Å². The number of benzene rings is 2. The van der Waals surface area contributed by atoms with Gasteiger partial charge in [0.25, 0.3) is 0 Å². The van der Waals surface area contributed by atoms with E-state index < -0.39 is 0 Å². The molecule has 2 heterocycles. The van der Waals surface area contributed by atoms with E-state index in [4.69, 9.17) is 4.74 Å². The van der Waals surface area contributed by atoms with Crippen molar-refractivity contribution in [2.75, 3.05) is 63.2 Å². The molecule has 6 nitrogen and oxygen atoms in total. The molecule has 0 atom stereocenters. The van der Waals surface area contributed by atoms with E-state index in [1.807, 2.05) is 19.2 Å². The summed E-state index contributed by atoms with van der Waals surface area (Å²) in [4.78, 5) is 19.4. The van der Waals surface area contributed by atoms with Crippen molar-refractivity contribution >= 4 is 17.3 Å². The number of nitrogens with one attached hydrogen (secondary N) is 1. The van der Waals surface area contributed by atoms with Crippen LogP contribution in [0, 0.1) is 0 Å². The molecule has 0 bridgehead atoms. The molecule has 1 N–H and O–H groups in total. The van der Waals surface area contributed by atoms with E-state index in [1.165, 1.54) is 36.1 Å². The van der Waals surface area contributed by atoms with Gasteiger partial charge in [-0.2, -0.15) is 0 Å². The first-order valence-corrected chi connectivity index (χ1v) is 11.9. The lowest BCUT2D eigenvalue weighted by molar-refractivity contribution is -0.117. The maximum Gasteiger partial charge on any atom is 0.238 e. The van der Waals surface area contributed by atoms with Crippen LogP contribution in [-0.4, -0.2) is 68.7 Å². The number of ether oxygens (including phenoxy) is 1. The molecular weight excluding hydrogens is 400 g/mol. The number of carbonyl (C=O) groups excluding carboxylic acids is 1. The van der Waals surface area contributed by atoms with Gasteiger partial charge in [-0.25, -0.2) is 0 Å². The first kappa shape index (κ1) is 22.8. The van der Waals surface area contributed by atoms with E-state index in [1.54, 1.807) is 0 Å². The standard InChI is InChI=1S/C26H36N4O2/c1-28(19-22-7-11-25(12-8-22)30-13-3-2-4-14-30)21-26(31)27-24-9-5-23(6-10-24)20-29-15-17-32-18-16-29/h5-12H,2-4,13-21H2,1H3,(H,27,31). The van der Waals surface area contributed by atoms with Gasteiger partial charge in [-0.05, 0) is 61.7 Å². The summed E-state index contributed by atoms with van der Waals surface area (Å²) in [7, 11) is 1.99. The molecule has 2 aromatic rings. The molecule has 0 saturated carbocycles. The Morgan fingerprint density at radius 2 is 1.56 bits per heavy atom. The van der Waals surface area contributed by atoms with Crippen molar-refractivity contribution < 1.29 is 9.53 Å². The average Bonchev–Trinajstić information content (AvgIpc) is 2.82. The molecule has 2 aliphatic heterocycles. The van der Waals surface area contributed by atoms with Gasteiger partial charge in [0.05, 0.1) is 19.8 Å². The topological polar surface area (TPSA) is 48.1 Å². The molecule has 0 spiro atoms. The lowest BCUT2D eigenvalue weighted by Crippen LogP contribution is -2.35. The van der Waals surface area contributed by atoms with Gasteiger partial charge in [0.15, 0.2) is 0 Å².